The molecular formula is C12H18Cl3CrN6O4. The number of nitrogens with one attached hydrogen (secondary N) is 2. The summed E-state index contributed by atoms with van der Waals surface area (Å²) < 4.78 is 0. The van der Waals surface area contributed by atoms with Crippen LogP contribution in [0, 0.1) is 0 Å². The first kappa shape index (κ1) is 29.3. The van der Waals surface area contributed by atoms with Gasteiger partial charge >= 0.3 is 41.5 Å². The van der Waals surface area contributed by atoms with Gasteiger partial charge in [-0.2, -0.15) is 0 Å². The number of nitrogens with two attached hydrogens (primary N) is 2. The molecular weight excluding hydrogens is 451 g/mol. The summed E-state index contributed by atoms with van der Waals surface area (Å²) in [4.78, 5) is 29.0. The number of halogens is 3. The number of nitrogen functional groups attached to an aromatic ring is 2. The zero-order valence-corrected chi connectivity index (χ0v) is 16.6. The van der Waals surface area contributed by atoms with E-state index in [1.165, 1.54) is 24.8 Å². The van der Waals surface area contributed by atoms with Gasteiger partial charge < -0.3 is 11.0 Å². The number of pyridine rings is 2. The normalized spacial score (nSPS) is 8.23. The van der Waals surface area contributed by atoms with Crippen molar-refractivity contribution < 1.29 is 31.9 Å². The number of aromatic nitrogens is 2. The van der Waals surface area contributed by atoms with Crippen LogP contribution in [0.25, 0.3) is 0 Å². The molecule has 0 atom stereocenters. The number of carbonyl (C=O) groups excluding carboxylic acids is 2. The molecule has 26 heavy (non-hydrogen) atoms. The number of hydrogen-bond acceptors (Lipinski definition) is 6. The molecule has 0 aliphatic carbocycles. The zero-order chi connectivity index (χ0) is 18.4. The SMILES string of the molecule is NNC(=O)c1ccncc1.NNC(=O)c1ccncc1.O.O.[Cl][Cr]([Cl])[Cl]. The van der Waals surface area contributed by atoms with Crippen LogP contribution in [-0.4, -0.2) is 32.7 Å². The topological polar surface area (TPSA) is 199 Å². The number of nitrogens with zero attached hydrogens (tertiary/aromatic N) is 2. The molecule has 2 heterocycles. The van der Waals surface area contributed by atoms with E-state index in [0.29, 0.717) is 11.1 Å². The maximum atomic E-state index is 10.7. The van der Waals surface area contributed by atoms with E-state index in [0.717, 1.165) is 0 Å². The monoisotopic (exact) mass is 467 g/mol. The van der Waals surface area contributed by atoms with Crippen molar-refractivity contribution in [1.29, 1.82) is 0 Å². The van der Waals surface area contributed by atoms with Crippen molar-refractivity contribution in [3.63, 3.8) is 0 Å². The van der Waals surface area contributed by atoms with Crippen molar-refractivity contribution in [2.45, 2.75) is 0 Å². The summed E-state index contributed by atoms with van der Waals surface area (Å²) >= 11 is -1.62. The predicted molar refractivity (Wildman–Crippen MR) is 96.6 cm³/mol. The molecule has 2 aromatic rings. The second-order valence-electron chi connectivity index (χ2n) is 3.59. The number of rotatable bonds is 2. The van der Waals surface area contributed by atoms with Gasteiger partial charge in [0.15, 0.2) is 0 Å². The minimum atomic E-state index is -1.62. The molecule has 10 N–H and O–H groups in total. The van der Waals surface area contributed by atoms with Gasteiger partial charge in [-0.15, -0.1) is 0 Å². The molecule has 0 aromatic carbocycles. The van der Waals surface area contributed by atoms with E-state index in [1.54, 1.807) is 24.3 Å². The van der Waals surface area contributed by atoms with E-state index < -0.39 is 11.4 Å². The Hall–Kier alpha value is -1.52. The van der Waals surface area contributed by atoms with Crippen LogP contribution in [0.4, 0.5) is 0 Å². The fourth-order valence-corrected chi connectivity index (χ4v) is 1.17. The first-order valence-corrected chi connectivity index (χ1v) is 11.2. The van der Waals surface area contributed by atoms with Crippen LogP contribution in [0.15, 0.2) is 49.1 Å². The summed E-state index contributed by atoms with van der Waals surface area (Å²) in [6.07, 6.45) is 6.13. The van der Waals surface area contributed by atoms with Crippen molar-refractivity contribution in [2.75, 3.05) is 0 Å². The van der Waals surface area contributed by atoms with Gasteiger partial charge in [-0.3, -0.25) is 30.4 Å². The maximum absolute atomic E-state index is 10.7. The van der Waals surface area contributed by atoms with Gasteiger partial charge in [0, 0.05) is 35.9 Å². The van der Waals surface area contributed by atoms with Gasteiger partial charge in [0.2, 0.25) is 0 Å². The van der Waals surface area contributed by atoms with Crippen LogP contribution < -0.4 is 22.5 Å². The summed E-state index contributed by atoms with van der Waals surface area (Å²) in [5.74, 6) is 9.16. The Kier molecular flexibility index (Phi) is 20.6. The van der Waals surface area contributed by atoms with Gasteiger partial charge in [-0.25, -0.2) is 11.7 Å². The number of hydrazine groups is 2. The first-order chi connectivity index (χ1) is 11.4. The molecule has 2 amide bonds. The molecule has 2 rings (SSSR count). The molecule has 0 aliphatic rings. The molecule has 2 aromatic heterocycles. The summed E-state index contributed by atoms with van der Waals surface area (Å²) in [7, 11) is 14.8. The van der Waals surface area contributed by atoms with Gasteiger partial charge in [0.25, 0.3) is 11.8 Å². The van der Waals surface area contributed by atoms with Crippen molar-refractivity contribution in [1.82, 2.24) is 20.8 Å². The Morgan fingerprint density at radius 1 is 0.769 bits per heavy atom. The van der Waals surface area contributed by atoms with E-state index in [4.69, 9.17) is 41.8 Å². The molecule has 0 aliphatic heterocycles. The van der Waals surface area contributed by atoms with E-state index >= 15 is 0 Å². The third-order valence-corrected chi connectivity index (χ3v) is 2.15. The Balaban J connectivity index is -0.000000319. The summed E-state index contributed by atoms with van der Waals surface area (Å²) in [6.45, 7) is 0. The van der Waals surface area contributed by atoms with Gasteiger partial charge in [0.05, 0.1) is 0 Å². The molecule has 0 bridgehead atoms. The van der Waals surface area contributed by atoms with Gasteiger partial charge in [-0.05, 0) is 24.3 Å². The quantitative estimate of drug-likeness (QED) is 0.267. The fourth-order valence-electron chi connectivity index (χ4n) is 1.17. The summed E-state index contributed by atoms with van der Waals surface area (Å²) in [5, 5.41) is 0. The zero-order valence-electron chi connectivity index (χ0n) is 13.0. The molecule has 147 valence electrons. The van der Waals surface area contributed by atoms with Crippen LogP contribution >= 0.6 is 30.1 Å². The van der Waals surface area contributed by atoms with Crippen molar-refractivity contribution in [3.05, 3.63) is 60.2 Å². The van der Waals surface area contributed by atoms with Crippen LogP contribution in [0.3, 0.4) is 0 Å². The molecule has 0 radical (unpaired) electrons. The van der Waals surface area contributed by atoms with Crippen LogP contribution in [0.2, 0.25) is 0 Å². The molecule has 0 saturated carbocycles. The van der Waals surface area contributed by atoms with Crippen LogP contribution in [0.1, 0.15) is 20.7 Å². The molecule has 14 heteroatoms. The Morgan fingerprint density at radius 2 is 1.00 bits per heavy atom. The first-order valence-electron chi connectivity index (χ1n) is 5.97. The second-order valence-corrected chi connectivity index (χ2v) is 9.91. The number of amides is 2. The third-order valence-electron chi connectivity index (χ3n) is 2.15. The molecule has 0 unspecified atom stereocenters. The Morgan fingerprint density at radius 3 is 1.19 bits per heavy atom. The Bertz CT molecular complexity index is 558. The van der Waals surface area contributed by atoms with E-state index in [2.05, 4.69) is 9.97 Å². The van der Waals surface area contributed by atoms with E-state index in [9.17, 15) is 9.59 Å². The fraction of sp³-hybridized carbons (Fsp3) is 0. The van der Waals surface area contributed by atoms with Gasteiger partial charge in [-0.1, -0.05) is 0 Å². The summed E-state index contributed by atoms with van der Waals surface area (Å²) in [6, 6.07) is 6.34. The van der Waals surface area contributed by atoms with Crippen LogP contribution in [-0.2, 0) is 11.4 Å². The predicted octanol–water partition coefficient (Wildman–Crippen LogP) is -0.213. The Labute approximate surface area is 166 Å². The molecule has 0 saturated heterocycles. The standard InChI is InChI=1S/2C6H7N3O.3ClH.Cr.2H2O/c2*7-9-6(10)5-1-3-8-4-2-5;;;;;;/h2*1-4H,7H2,(H,9,10);3*1H;;2*1H2/q;;;;;+3;;/p-3. The molecule has 10 nitrogen and oxygen atoms in total. The second kappa shape index (κ2) is 18.3. The molecule has 0 fully saturated rings. The molecule has 0 spiro atoms. The third kappa shape index (κ3) is 14.8. The van der Waals surface area contributed by atoms with Crippen LogP contribution in [0.5, 0.6) is 0 Å². The summed E-state index contributed by atoms with van der Waals surface area (Å²) in [5.41, 5.74) is 5.05. The van der Waals surface area contributed by atoms with Crippen molar-refractivity contribution >= 4 is 42.0 Å². The number of hydrogen-bond donors (Lipinski definition) is 4. The van der Waals surface area contributed by atoms with Crippen molar-refractivity contribution in [2.24, 2.45) is 11.7 Å². The average molecular weight is 469 g/mol. The van der Waals surface area contributed by atoms with E-state index in [1.807, 2.05) is 10.9 Å². The van der Waals surface area contributed by atoms with Crippen molar-refractivity contribution in [3.8, 4) is 0 Å². The number of carbonyl (C=O) groups is 2. The minimum absolute atomic E-state index is 0. The average Bonchev–Trinajstić information content (AvgIpc) is 2.62. The van der Waals surface area contributed by atoms with E-state index in [-0.39, 0.29) is 22.8 Å². The van der Waals surface area contributed by atoms with Gasteiger partial charge in [0.1, 0.15) is 0 Å².